The monoisotopic (exact) mass is 261 g/mol. The van der Waals surface area contributed by atoms with Gasteiger partial charge in [-0.3, -0.25) is 0 Å². The first-order chi connectivity index (χ1) is 9.31. The predicted molar refractivity (Wildman–Crippen MR) is 73.3 cm³/mol. The van der Waals surface area contributed by atoms with Gasteiger partial charge in [0.1, 0.15) is 0 Å². The number of nitrogens with one attached hydrogen (secondary N) is 3. The van der Waals surface area contributed by atoms with Gasteiger partial charge in [-0.2, -0.15) is 0 Å². The van der Waals surface area contributed by atoms with Gasteiger partial charge in [-0.15, -0.1) is 0 Å². The van der Waals surface area contributed by atoms with Crippen LogP contribution >= 0.6 is 0 Å². The first-order valence-corrected chi connectivity index (χ1v) is 6.78. The van der Waals surface area contributed by atoms with E-state index in [0.717, 1.165) is 26.0 Å². The molecule has 3 rings (SSSR count). The Balaban J connectivity index is 1.52. The summed E-state index contributed by atoms with van der Waals surface area (Å²) in [7, 11) is 0. The first kappa shape index (κ1) is 12.3. The van der Waals surface area contributed by atoms with Crippen molar-refractivity contribution in [3.05, 3.63) is 29.8 Å². The van der Waals surface area contributed by atoms with Gasteiger partial charge in [-0.1, -0.05) is 18.2 Å². The zero-order valence-corrected chi connectivity index (χ0v) is 10.8. The van der Waals surface area contributed by atoms with Crippen LogP contribution in [0.5, 0.6) is 0 Å². The average molecular weight is 261 g/mol. The predicted octanol–water partition coefficient (Wildman–Crippen LogP) is 1.11. The molecule has 2 aliphatic heterocycles. The third-order valence-corrected chi connectivity index (χ3v) is 3.62. The van der Waals surface area contributed by atoms with E-state index in [1.165, 1.54) is 11.3 Å². The van der Waals surface area contributed by atoms with Crippen LogP contribution in [0.25, 0.3) is 0 Å². The summed E-state index contributed by atoms with van der Waals surface area (Å²) in [6.07, 6.45) is 1.77. The largest absolute Gasteiger partial charge is 0.383 e. The maximum atomic E-state index is 11.9. The van der Waals surface area contributed by atoms with Crippen LogP contribution in [0.1, 0.15) is 12.0 Å². The van der Waals surface area contributed by atoms with Gasteiger partial charge in [0.05, 0.1) is 18.7 Å². The van der Waals surface area contributed by atoms with Crippen LogP contribution in [0, 0.1) is 0 Å². The number of rotatable bonds is 2. The fourth-order valence-electron chi connectivity index (χ4n) is 2.60. The van der Waals surface area contributed by atoms with Crippen molar-refractivity contribution < 1.29 is 9.53 Å². The maximum absolute atomic E-state index is 11.9. The van der Waals surface area contributed by atoms with E-state index in [0.29, 0.717) is 6.61 Å². The number of hydrogen-bond acceptors (Lipinski definition) is 3. The molecule has 2 heterocycles. The van der Waals surface area contributed by atoms with Crippen molar-refractivity contribution >= 4 is 11.7 Å². The summed E-state index contributed by atoms with van der Waals surface area (Å²) >= 11 is 0. The molecule has 0 saturated carbocycles. The highest BCUT2D eigenvalue weighted by molar-refractivity contribution is 5.75. The summed E-state index contributed by atoms with van der Waals surface area (Å²) in [5.41, 5.74) is 2.42. The van der Waals surface area contributed by atoms with Gasteiger partial charge in [0, 0.05) is 18.8 Å². The molecule has 0 aliphatic carbocycles. The second-order valence-electron chi connectivity index (χ2n) is 5.12. The van der Waals surface area contributed by atoms with E-state index in [1.807, 2.05) is 12.1 Å². The van der Waals surface area contributed by atoms with Crippen LogP contribution in [0.15, 0.2) is 24.3 Å². The number of benzene rings is 1. The van der Waals surface area contributed by atoms with Crippen LogP contribution in [0.2, 0.25) is 0 Å². The van der Waals surface area contributed by atoms with E-state index in [-0.39, 0.29) is 18.1 Å². The van der Waals surface area contributed by atoms with Crippen molar-refractivity contribution in [3.8, 4) is 0 Å². The molecule has 3 N–H and O–H groups in total. The van der Waals surface area contributed by atoms with E-state index in [4.69, 9.17) is 4.74 Å². The number of urea groups is 1. The summed E-state index contributed by atoms with van der Waals surface area (Å²) in [5.74, 6) is 0. The lowest BCUT2D eigenvalue weighted by atomic mass is 10.00. The highest BCUT2D eigenvalue weighted by Gasteiger charge is 2.22. The van der Waals surface area contributed by atoms with Crippen molar-refractivity contribution in [3.63, 3.8) is 0 Å². The molecule has 1 fully saturated rings. The van der Waals surface area contributed by atoms with Crippen LogP contribution in [-0.2, 0) is 11.2 Å². The number of carbonyl (C=O) groups is 1. The number of para-hydroxylation sites is 1. The molecule has 2 amide bonds. The molecule has 1 saturated heterocycles. The SMILES string of the molecule is O=C(NC1CCOC1)NC1CNc2ccccc2C1. The third-order valence-electron chi connectivity index (χ3n) is 3.62. The maximum Gasteiger partial charge on any atom is 0.315 e. The molecule has 2 aliphatic rings. The van der Waals surface area contributed by atoms with E-state index in [1.54, 1.807) is 0 Å². The van der Waals surface area contributed by atoms with Gasteiger partial charge >= 0.3 is 6.03 Å². The molecule has 2 atom stereocenters. The molecule has 0 radical (unpaired) electrons. The number of anilines is 1. The van der Waals surface area contributed by atoms with E-state index in [9.17, 15) is 4.79 Å². The first-order valence-electron chi connectivity index (χ1n) is 6.78. The zero-order chi connectivity index (χ0) is 13.1. The number of carbonyl (C=O) groups excluding carboxylic acids is 1. The van der Waals surface area contributed by atoms with Gasteiger partial charge in [0.25, 0.3) is 0 Å². The Labute approximate surface area is 112 Å². The second kappa shape index (κ2) is 5.48. The van der Waals surface area contributed by atoms with Crippen molar-refractivity contribution in [2.75, 3.05) is 25.1 Å². The molecule has 5 nitrogen and oxygen atoms in total. The van der Waals surface area contributed by atoms with Crippen LogP contribution in [-0.4, -0.2) is 37.9 Å². The van der Waals surface area contributed by atoms with Gasteiger partial charge in [-0.05, 0) is 24.5 Å². The molecule has 1 aromatic rings. The molecule has 102 valence electrons. The highest BCUT2D eigenvalue weighted by Crippen LogP contribution is 2.20. The van der Waals surface area contributed by atoms with Crippen LogP contribution in [0.4, 0.5) is 10.5 Å². The minimum atomic E-state index is -0.0957. The summed E-state index contributed by atoms with van der Waals surface area (Å²) < 4.78 is 5.24. The number of amides is 2. The standard InChI is InChI=1S/C14H19N3O2/c18-14(16-11-5-6-19-9-11)17-12-7-10-3-1-2-4-13(10)15-8-12/h1-4,11-12,15H,5-9H2,(H2,16,17,18). The highest BCUT2D eigenvalue weighted by atomic mass is 16.5. The Kier molecular flexibility index (Phi) is 3.55. The smallest absolute Gasteiger partial charge is 0.315 e. The molecule has 0 bridgehead atoms. The summed E-state index contributed by atoms with van der Waals surface area (Å²) in [4.78, 5) is 11.9. The molecule has 0 spiro atoms. The summed E-state index contributed by atoms with van der Waals surface area (Å²) in [6, 6.07) is 8.41. The van der Waals surface area contributed by atoms with Gasteiger partial charge in [0.2, 0.25) is 0 Å². The minimum absolute atomic E-state index is 0.0957. The molecular formula is C14H19N3O2. The lowest BCUT2D eigenvalue weighted by Crippen LogP contribution is -2.50. The molecular weight excluding hydrogens is 242 g/mol. The number of ether oxygens (including phenoxy) is 1. The Hall–Kier alpha value is -1.75. The molecule has 19 heavy (non-hydrogen) atoms. The summed E-state index contributed by atoms with van der Waals surface area (Å²) in [5, 5.41) is 9.31. The quantitative estimate of drug-likeness (QED) is 0.747. The second-order valence-corrected chi connectivity index (χ2v) is 5.12. The summed E-state index contributed by atoms with van der Waals surface area (Å²) in [6.45, 7) is 2.13. The van der Waals surface area contributed by atoms with Crippen molar-refractivity contribution in [1.82, 2.24) is 10.6 Å². The topological polar surface area (TPSA) is 62.4 Å². The fourth-order valence-corrected chi connectivity index (χ4v) is 2.60. The van der Waals surface area contributed by atoms with Gasteiger partial charge in [-0.25, -0.2) is 4.79 Å². The Morgan fingerprint density at radius 2 is 2.11 bits per heavy atom. The Morgan fingerprint density at radius 3 is 2.95 bits per heavy atom. The van der Waals surface area contributed by atoms with Crippen molar-refractivity contribution in [2.45, 2.75) is 24.9 Å². The van der Waals surface area contributed by atoms with E-state index in [2.05, 4.69) is 28.1 Å². The number of fused-ring (bicyclic) bond motifs is 1. The normalized spacial score (nSPS) is 25.3. The van der Waals surface area contributed by atoms with Crippen molar-refractivity contribution in [1.29, 1.82) is 0 Å². The number of hydrogen-bond donors (Lipinski definition) is 3. The average Bonchev–Trinajstić information content (AvgIpc) is 2.91. The van der Waals surface area contributed by atoms with Crippen LogP contribution < -0.4 is 16.0 Å². The Bertz CT molecular complexity index is 458. The zero-order valence-electron chi connectivity index (χ0n) is 10.8. The van der Waals surface area contributed by atoms with Gasteiger partial charge < -0.3 is 20.7 Å². The van der Waals surface area contributed by atoms with Crippen molar-refractivity contribution in [2.24, 2.45) is 0 Å². The minimum Gasteiger partial charge on any atom is -0.383 e. The molecule has 5 heteroatoms. The van der Waals surface area contributed by atoms with E-state index < -0.39 is 0 Å². The molecule has 0 aromatic heterocycles. The lowest BCUT2D eigenvalue weighted by molar-refractivity contribution is 0.188. The fraction of sp³-hybridized carbons (Fsp3) is 0.500. The molecule has 1 aromatic carbocycles. The molecule has 2 unspecified atom stereocenters. The Morgan fingerprint density at radius 1 is 1.26 bits per heavy atom. The van der Waals surface area contributed by atoms with Gasteiger partial charge in [0.15, 0.2) is 0 Å². The third kappa shape index (κ3) is 2.98. The van der Waals surface area contributed by atoms with E-state index >= 15 is 0 Å². The lowest BCUT2D eigenvalue weighted by Gasteiger charge is -2.27. The van der Waals surface area contributed by atoms with Crippen LogP contribution in [0.3, 0.4) is 0 Å².